The summed E-state index contributed by atoms with van der Waals surface area (Å²) in [6.45, 7) is 18.9. The molecule has 10 heteroatoms. The number of ether oxygens (including phenoxy) is 5. The average molecular weight is 526 g/mol. The van der Waals surface area contributed by atoms with Gasteiger partial charge >= 0.3 is 18.2 Å². The minimum Gasteiger partial charge on any atom is -0.491 e. The Balaban J connectivity index is 3.36. The van der Waals surface area contributed by atoms with E-state index in [4.69, 9.17) is 23.7 Å². The van der Waals surface area contributed by atoms with Crippen LogP contribution in [-0.2, 0) is 33.3 Å². The Morgan fingerprint density at radius 1 is 1.03 bits per heavy atom. The molecule has 0 unspecified atom stereocenters. The quantitative estimate of drug-likeness (QED) is 0.147. The van der Waals surface area contributed by atoms with Gasteiger partial charge in [-0.05, 0) is 81.6 Å². The summed E-state index contributed by atoms with van der Waals surface area (Å²) in [5, 5.41) is 0. The molecule has 1 saturated heterocycles. The molecule has 210 valence electrons. The summed E-state index contributed by atoms with van der Waals surface area (Å²) in [4.78, 5) is 51.6. The van der Waals surface area contributed by atoms with E-state index in [1.807, 2.05) is 6.92 Å². The first-order valence-electron chi connectivity index (χ1n) is 12.5. The van der Waals surface area contributed by atoms with E-state index >= 15 is 0 Å². The van der Waals surface area contributed by atoms with Crippen LogP contribution in [0.1, 0.15) is 81.6 Å². The molecule has 0 bridgehead atoms. The van der Waals surface area contributed by atoms with Crippen LogP contribution in [0.3, 0.4) is 0 Å². The van der Waals surface area contributed by atoms with Gasteiger partial charge in [0.05, 0.1) is 19.0 Å². The third-order valence-corrected chi connectivity index (χ3v) is 4.94. The first kappa shape index (κ1) is 32.1. The zero-order chi connectivity index (χ0) is 28.6. The molecule has 1 aliphatic rings. The van der Waals surface area contributed by atoms with Crippen LogP contribution in [0, 0.1) is 0 Å². The predicted molar refractivity (Wildman–Crippen MR) is 137 cm³/mol. The molecule has 4 atom stereocenters. The Bertz CT molecular complexity index is 838. The molecule has 0 radical (unpaired) electrons. The lowest BCUT2D eigenvalue weighted by Gasteiger charge is -2.33. The van der Waals surface area contributed by atoms with E-state index in [1.165, 1.54) is 19.3 Å². The zero-order valence-electron chi connectivity index (χ0n) is 23.6. The van der Waals surface area contributed by atoms with Crippen LogP contribution in [-0.4, -0.2) is 71.0 Å². The van der Waals surface area contributed by atoms with E-state index in [-0.39, 0.29) is 18.8 Å². The molecule has 2 amide bonds. The van der Waals surface area contributed by atoms with Gasteiger partial charge in [0.1, 0.15) is 23.3 Å². The summed E-state index contributed by atoms with van der Waals surface area (Å²) < 4.78 is 28.3. The molecule has 1 fully saturated rings. The lowest BCUT2D eigenvalue weighted by Crippen LogP contribution is -2.53. The maximum Gasteiger partial charge on any atom is 0.420 e. The molecule has 0 aromatic heterocycles. The van der Waals surface area contributed by atoms with Gasteiger partial charge in [-0.2, -0.15) is 4.90 Å². The third-order valence-electron chi connectivity index (χ3n) is 4.94. The van der Waals surface area contributed by atoms with Gasteiger partial charge in [-0.1, -0.05) is 12.2 Å². The molecule has 0 saturated carbocycles. The van der Waals surface area contributed by atoms with Gasteiger partial charge in [0.15, 0.2) is 11.9 Å². The molecule has 37 heavy (non-hydrogen) atoms. The first-order valence-corrected chi connectivity index (χ1v) is 12.5. The molecule has 0 spiro atoms. The number of nitrogens with zero attached hydrogens (tertiary/aromatic N) is 1. The lowest BCUT2D eigenvalue weighted by atomic mass is 10.0. The summed E-state index contributed by atoms with van der Waals surface area (Å²) in [6, 6.07) is -1.29. The first-order chi connectivity index (χ1) is 16.9. The van der Waals surface area contributed by atoms with Gasteiger partial charge in [-0.15, -0.1) is 0 Å². The fourth-order valence-corrected chi connectivity index (χ4v) is 3.46. The van der Waals surface area contributed by atoms with E-state index in [1.54, 1.807) is 48.5 Å². The normalized spacial score (nSPS) is 23.2. The van der Waals surface area contributed by atoms with E-state index in [0.717, 1.165) is 5.57 Å². The summed E-state index contributed by atoms with van der Waals surface area (Å²) in [5.74, 6) is -1.02. The van der Waals surface area contributed by atoms with Crippen LogP contribution in [0.5, 0.6) is 0 Å². The number of imide groups is 1. The summed E-state index contributed by atoms with van der Waals surface area (Å²) >= 11 is 0. The van der Waals surface area contributed by atoms with Crippen molar-refractivity contribution in [2.45, 2.75) is 117 Å². The molecule has 0 N–H and O–H groups in total. The highest BCUT2D eigenvalue weighted by atomic mass is 16.6. The number of amides is 2. The standard InChI is InChI=1S/C27H43NO9/c1-17(2)16-34-21-13-11-12-20(23(30)35-19(4)22(21)33-15-14-18(3)29)28(24(31)36-26(5,6)7)25(32)37-27(8,9)10/h14-15,19-22H,1,11-13,16H2,2-10H3/t19-,20-,21-,22-/m0/s1. The molecule has 1 rings (SSSR count). The zero-order valence-corrected chi connectivity index (χ0v) is 23.6. The largest absolute Gasteiger partial charge is 0.491 e. The van der Waals surface area contributed by atoms with Crippen molar-refractivity contribution in [2.75, 3.05) is 6.61 Å². The molecular weight excluding hydrogens is 482 g/mol. The fourth-order valence-electron chi connectivity index (χ4n) is 3.46. The molecular formula is C27H43NO9. The number of carbonyl (C=O) groups is 4. The molecule has 1 aliphatic heterocycles. The number of hydrogen-bond acceptors (Lipinski definition) is 9. The van der Waals surface area contributed by atoms with E-state index in [9.17, 15) is 19.2 Å². The monoisotopic (exact) mass is 525 g/mol. The number of rotatable bonds is 7. The van der Waals surface area contributed by atoms with Crippen LogP contribution in [0.15, 0.2) is 24.5 Å². The van der Waals surface area contributed by atoms with Crippen molar-refractivity contribution < 1.29 is 42.9 Å². The van der Waals surface area contributed by atoms with Crippen LogP contribution in [0.4, 0.5) is 9.59 Å². The highest BCUT2D eigenvalue weighted by Crippen LogP contribution is 2.26. The maximum absolute atomic E-state index is 13.4. The Morgan fingerprint density at radius 3 is 2.03 bits per heavy atom. The summed E-state index contributed by atoms with van der Waals surface area (Å²) in [7, 11) is 0. The van der Waals surface area contributed by atoms with Crippen LogP contribution >= 0.6 is 0 Å². The molecule has 0 aromatic carbocycles. The lowest BCUT2D eigenvalue weighted by molar-refractivity contribution is -0.164. The number of hydrogen-bond donors (Lipinski definition) is 0. The van der Waals surface area contributed by atoms with Gasteiger partial charge in [0.2, 0.25) is 0 Å². The van der Waals surface area contributed by atoms with Crippen LogP contribution in [0.2, 0.25) is 0 Å². The Kier molecular flexibility index (Phi) is 11.8. The number of esters is 1. The highest BCUT2D eigenvalue weighted by Gasteiger charge is 2.43. The van der Waals surface area contributed by atoms with Crippen LogP contribution in [0.25, 0.3) is 0 Å². The number of carbonyl (C=O) groups excluding carboxylic acids is 4. The number of allylic oxidation sites excluding steroid dienone is 1. The Morgan fingerprint density at radius 2 is 1.57 bits per heavy atom. The number of ketones is 1. The molecule has 1 heterocycles. The smallest absolute Gasteiger partial charge is 0.420 e. The molecule has 0 aliphatic carbocycles. The predicted octanol–water partition coefficient (Wildman–Crippen LogP) is 5.09. The highest BCUT2D eigenvalue weighted by molar-refractivity contribution is 5.94. The van der Waals surface area contributed by atoms with Crippen molar-refractivity contribution in [3.05, 3.63) is 24.5 Å². The van der Waals surface area contributed by atoms with Crippen molar-refractivity contribution in [3.63, 3.8) is 0 Å². The maximum atomic E-state index is 13.4. The topological polar surface area (TPSA) is 118 Å². The second kappa shape index (κ2) is 13.6. The van der Waals surface area contributed by atoms with Crippen molar-refractivity contribution in [1.29, 1.82) is 0 Å². The second-order valence-electron chi connectivity index (χ2n) is 11.2. The van der Waals surface area contributed by atoms with Gasteiger partial charge in [0.25, 0.3) is 0 Å². The van der Waals surface area contributed by atoms with Crippen molar-refractivity contribution in [2.24, 2.45) is 0 Å². The second-order valence-corrected chi connectivity index (χ2v) is 11.2. The van der Waals surface area contributed by atoms with Crippen LogP contribution < -0.4 is 0 Å². The van der Waals surface area contributed by atoms with Gasteiger partial charge in [0, 0.05) is 6.08 Å². The van der Waals surface area contributed by atoms with E-state index in [2.05, 4.69) is 6.58 Å². The van der Waals surface area contributed by atoms with Gasteiger partial charge in [-0.25, -0.2) is 14.4 Å². The summed E-state index contributed by atoms with van der Waals surface area (Å²) in [5.41, 5.74) is -1.05. The number of cyclic esters (lactones) is 1. The Hall–Kier alpha value is -2.88. The SMILES string of the molecule is C=C(C)CO[C@H]1CCC[C@H](N(C(=O)OC(C)(C)C)C(=O)OC(C)(C)C)C(=O)O[C@@H](C)[C@@H]1OC=CC(C)=O. The Labute approximate surface area is 220 Å². The van der Waals surface area contributed by atoms with E-state index < -0.39 is 53.7 Å². The van der Waals surface area contributed by atoms with E-state index in [0.29, 0.717) is 17.7 Å². The van der Waals surface area contributed by atoms with Gasteiger partial charge in [-0.3, -0.25) is 4.79 Å². The molecule has 0 aromatic rings. The van der Waals surface area contributed by atoms with Crippen molar-refractivity contribution in [1.82, 2.24) is 4.90 Å². The summed E-state index contributed by atoms with van der Waals surface area (Å²) in [6.07, 6.45) is -0.756. The minimum absolute atomic E-state index is 0.0903. The fraction of sp³-hybridized carbons (Fsp3) is 0.704. The minimum atomic E-state index is -1.29. The third kappa shape index (κ3) is 11.8. The average Bonchev–Trinajstić information content (AvgIpc) is 2.74. The molecule has 10 nitrogen and oxygen atoms in total. The van der Waals surface area contributed by atoms with Crippen molar-refractivity contribution >= 4 is 23.9 Å². The van der Waals surface area contributed by atoms with Crippen molar-refractivity contribution in [3.8, 4) is 0 Å². The van der Waals surface area contributed by atoms with Gasteiger partial charge < -0.3 is 23.7 Å².